The average molecular weight is 357 g/mol. The smallest absolute Gasteiger partial charge is 0.267 e. The van der Waals surface area contributed by atoms with E-state index in [-0.39, 0.29) is 5.91 Å². The highest BCUT2D eigenvalue weighted by Crippen LogP contribution is 2.33. The number of nitriles is 1. The summed E-state index contributed by atoms with van der Waals surface area (Å²) in [6.45, 7) is 0. The average Bonchev–Trinajstić information content (AvgIpc) is 2.51. The number of nitrogens with zero attached hydrogens (tertiary/aromatic N) is 2. The third-order valence-corrected chi connectivity index (χ3v) is 4.04. The summed E-state index contributed by atoms with van der Waals surface area (Å²) in [4.78, 5) is 14.2. The Hall–Kier alpha value is -2.52. The molecule has 1 amide bonds. The van der Waals surface area contributed by atoms with E-state index in [1.165, 1.54) is 0 Å². The van der Waals surface area contributed by atoms with Crippen LogP contribution >= 0.6 is 15.9 Å². The molecule has 1 atom stereocenters. The van der Waals surface area contributed by atoms with Crippen LogP contribution in [0.3, 0.4) is 0 Å². The Morgan fingerprint density at radius 2 is 2.00 bits per heavy atom. The molecular weight excluding hydrogens is 344 g/mol. The molecule has 0 saturated carbocycles. The van der Waals surface area contributed by atoms with Crippen LogP contribution in [-0.4, -0.2) is 19.1 Å². The summed E-state index contributed by atoms with van der Waals surface area (Å²) >= 11 is 3.40. The second kappa shape index (κ2) is 5.70. The van der Waals surface area contributed by atoms with Gasteiger partial charge in [0, 0.05) is 17.2 Å². The lowest BCUT2D eigenvalue weighted by Crippen LogP contribution is -2.50. The van der Waals surface area contributed by atoms with Crippen molar-refractivity contribution < 1.29 is 4.79 Å². The van der Waals surface area contributed by atoms with Crippen LogP contribution in [0.4, 0.5) is 17.1 Å². The fraction of sp³-hybridized carbons (Fsp3) is 0.125. The highest BCUT2D eigenvalue weighted by Gasteiger charge is 2.30. The van der Waals surface area contributed by atoms with Gasteiger partial charge >= 0.3 is 0 Å². The molecule has 2 N–H and O–H groups in total. The lowest BCUT2D eigenvalue weighted by Gasteiger charge is -2.36. The molecule has 2 aromatic carbocycles. The Labute approximate surface area is 136 Å². The third kappa shape index (κ3) is 2.63. The predicted molar refractivity (Wildman–Crippen MR) is 89.7 cm³/mol. The number of carbonyl (C=O) groups excluding carboxylic acids is 1. The first-order valence-electron chi connectivity index (χ1n) is 6.68. The van der Waals surface area contributed by atoms with Crippen molar-refractivity contribution in [3.63, 3.8) is 0 Å². The van der Waals surface area contributed by atoms with Crippen LogP contribution in [0.25, 0.3) is 0 Å². The molecule has 0 fully saturated rings. The molecule has 1 aliphatic rings. The van der Waals surface area contributed by atoms with Crippen molar-refractivity contribution >= 4 is 38.9 Å². The van der Waals surface area contributed by atoms with Crippen LogP contribution in [0.15, 0.2) is 46.9 Å². The number of hydrogen-bond donors (Lipinski definition) is 2. The molecule has 0 saturated heterocycles. The van der Waals surface area contributed by atoms with Crippen molar-refractivity contribution in [3.05, 3.63) is 52.5 Å². The van der Waals surface area contributed by atoms with Crippen molar-refractivity contribution in [1.29, 1.82) is 5.26 Å². The topological polar surface area (TPSA) is 68.2 Å². The summed E-state index contributed by atoms with van der Waals surface area (Å²) in [5.41, 5.74) is 3.09. The van der Waals surface area contributed by atoms with Crippen LogP contribution in [0, 0.1) is 11.3 Å². The van der Waals surface area contributed by atoms with Gasteiger partial charge in [-0.05, 0) is 42.5 Å². The first kappa shape index (κ1) is 14.4. The van der Waals surface area contributed by atoms with Crippen molar-refractivity contribution in [2.24, 2.45) is 0 Å². The van der Waals surface area contributed by atoms with Crippen molar-refractivity contribution in [1.82, 2.24) is 0 Å². The molecule has 0 radical (unpaired) electrons. The highest BCUT2D eigenvalue weighted by atomic mass is 79.9. The molecule has 3 rings (SSSR count). The summed E-state index contributed by atoms with van der Waals surface area (Å²) in [6, 6.07) is 14.8. The molecule has 0 aliphatic carbocycles. The fourth-order valence-electron chi connectivity index (χ4n) is 2.39. The minimum Gasteiger partial charge on any atom is -0.357 e. The summed E-state index contributed by atoms with van der Waals surface area (Å²) in [6.07, 6.45) is -0.512. The number of amides is 1. The predicted octanol–water partition coefficient (Wildman–Crippen LogP) is 3.15. The van der Waals surface area contributed by atoms with E-state index in [0.29, 0.717) is 5.56 Å². The van der Waals surface area contributed by atoms with Crippen molar-refractivity contribution in [2.45, 2.75) is 6.17 Å². The van der Waals surface area contributed by atoms with E-state index in [1.54, 1.807) is 24.3 Å². The van der Waals surface area contributed by atoms with Gasteiger partial charge in [-0.25, -0.2) is 0 Å². The van der Waals surface area contributed by atoms with Crippen LogP contribution < -0.4 is 15.5 Å². The van der Waals surface area contributed by atoms with Crippen molar-refractivity contribution in [3.8, 4) is 6.07 Å². The van der Waals surface area contributed by atoms with Crippen LogP contribution in [0.2, 0.25) is 0 Å². The van der Waals surface area contributed by atoms with Gasteiger partial charge in [-0.15, -0.1) is 0 Å². The monoisotopic (exact) mass is 356 g/mol. The maximum Gasteiger partial charge on any atom is 0.267 e. The molecule has 0 aromatic heterocycles. The van der Waals surface area contributed by atoms with Gasteiger partial charge in [-0.2, -0.15) is 5.26 Å². The van der Waals surface area contributed by atoms with Crippen molar-refractivity contribution in [2.75, 3.05) is 22.6 Å². The van der Waals surface area contributed by atoms with Gasteiger partial charge in [-0.1, -0.05) is 15.9 Å². The quantitative estimate of drug-likeness (QED) is 0.867. The van der Waals surface area contributed by atoms with Gasteiger partial charge < -0.3 is 15.5 Å². The number of carbonyl (C=O) groups is 1. The molecule has 110 valence electrons. The molecule has 0 bridgehead atoms. The maximum absolute atomic E-state index is 12.3. The van der Waals surface area contributed by atoms with E-state index in [0.717, 1.165) is 21.5 Å². The van der Waals surface area contributed by atoms with Gasteiger partial charge in [0.2, 0.25) is 0 Å². The molecule has 6 heteroatoms. The van der Waals surface area contributed by atoms with Crippen LogP contribution in [-0.2, 0) is 4.79 Å². The molecule has 1 heterocycles. The van der Waals surface area contributed by atoms with Crippen LogP contribution in [0.1, 0.15) is 5.56 Å². The Morgan fingerprint density at radius 1 is 1.27 bits per heavy atom. The SMILES string of the molecule is CN1c2ccc(Br)cc2NC(=O)C1Nc1ccc(C#N)cc1. The van der Waals surface area contributed by atoms with E-state index < -0.39 is 6.17 Å². The zero-order valence-corrected chi connectivity index (χ0v) is 13.4. The number of halogens is 1. The molecule has 0 spiro atoms. The first-order chi connectivity index (χ1) is 10.6. The number of benzene rings is 2. The third-order valence-electron chi connectivity index (χ3n) is 3.55. The van der Waals surface area contributed by atoms with E-state index in [2.05, 4.69) is 32.6 Å². The maximum atomic E-state index is 12.3. The number of hydrogen-bond acceptors (Lipinski definition) is 4. The minimum atomic E-state index is -0.512. The second-order valence-electron chi connectivity index (χ2n) is 5.00. The standard InChI is InChI=1S/C16H13BrN4O/c1-21-14-7-4-11(17)8-13(14)20-16(22)15(21)19-12-5-2-10(9-18)3-6-12/h2-8,15,19H,1H3,(H,20,22). The minimum absolute atomic E-state index is 0.127. The number of nitrogens with one attached hydrogen (secondary N) is 2. The van der Waals surface area contributed by atoms with Gasteiger partial charge in [-0.3, -0.25) is 4.79 Å². The van der Waals surface area contributed by atoms with Gasteiger partial charge in [0.1, 0.15) is 0 Å². The molecule has 5 nitrogen and oxygen atoms in total. The lowest BCUT2D eigenvalue weighted by molar-refractivity contribution is -0.117. The largest absolute Gasteiger partial charge is 0.357 e. The molecular formula is C16H13BrN4O. The van der Waals surface area contributed by atoms with E-state index >= 15 is 0 Å². The van der Waals surface area contributed by atoms with E-state index in [1.807, 2.05) is 30.1 Å². The van der Waals surface area contributed by atoms with E-state index in [9.17, 15) is 4.79 Å². The number of likely N-dealkylation sites (N-methyl/N-ethyl adjacent to an activating group) is 1. The van der Waals surface area contributed by atoms with Gasteiger partial charge in [0.25, 0.3) is 5.91 Å². The number of fused-ring (bicyclic) bond motifs is 1. The zero-order valence-electron chi connectivity index (χ0n) is 11.8. The Bertz CT molecular complexity index is 767. The summed E-state index contributed by atoms with van der Waals surface area (Å²) in [7, 11) is 1.87. The first-order valence-corrected chi connectivity index (χ1v) is 7.48. The summed E-state index contributed by atoms with van der Waals surface area (Å²) in [5, 5.41) is 14.9. The van der Waals surface area contributed by atoms with E-state index in [4.69, 9.17) is 5.26 Å². The van der Waals surface area contributed by atoms with Gasteiger partial charge in [0.05, 0.1) is 23.0 Å². The Kier molecular flexibility index (Phi) is 3.73. The Morgan fingerprint density at radius 3 is 2.68 bits per heavy atom. The van der Waals surface area contributed by atoms with Crippen LogP contribution in [0.5, 0.6) is 0 Å². The Balaban J connectivity index is 1.86. The molecule has 1 aliphatic heterocycles. The summed E-state index contributed by atoms with van der Waals surface area (Å²) in [5.74, 6) is -0.127. The zero-order chi connectivity index (χ0) is 15.7. The molecule has 1 unspecified atom stereocenters. The fourth-order valence-corrected chi connectivity index (χ4v) is 2.75. The van der Waals surface area contributed by atoms with Gasteiger partial charge in [0.15, 0.2) is 6.17 Å². The number of rotatable bonds is 2. The lowest BCUT2D eigenvalue weighted by atomic mass is 10.1. The second-order valence-corrected chi connectivity index (χ2v) is 5.91. The molecule has 22 heavy (non-hydrogen) atoms. The molecule has 2 aromatic rings. The normalized spacial score (nSPS) is 16.5. The summed E-state index contributed by atoms with van der Waals surface area (Å²) < 4.78 is 0.915. The highest BCUT2D eigenvalue weighted by molar-refractivity contribution is 9.10. The number of anilines is 3.